The van der Waals surface area contributed by atoms with Crippen LogP contribution >= 0.6 is 22.7 Å². The van der Waals surface area contributed by atoms with Crippen molar-refractivity contribution >= 4 is 73.7 Å². The lowest BCUT2D eigenvalue weighted by Gasteiger charge is -2.33. The average Bonchev–Trinajstić information content (AvgIpc) is 4.09. The summed E-state index contributed by atoms with van der Waals surface area (Å²) in [4.78, 5) is 54.3. The number of amides is 1. The molecule has 1 aliphatic rings. The Morgan fingerprint density at radius 1 is 0.712 bits per heavy atom. The minimum Gasteiger partial charge on any atom is -0.493 e. The van der Waals surface area contributed by atoms with Gasteiger partial charge in [0.1, 0.15) is 23.3 Å². The van der Waals surface area contributed by atoms with Gasteiger partial charge in [0, 0.05) is 68.7 Å². The van der Waals surface area contributed by atoms with E-state index >= 15 is 0 Å². The molecule has 8 aromatic rings. The fourth-order valence-electron chi connectivity index (χ4n) is 9.06. The van der Waals surface area contributed by atoms with E-state index in [9.17, 15) is 9.59 Å². The van der Waals surface area contributed by atoms with Crippen molar-refractivity contribution < 1.29 is 23.8 Å². The zero-order valence-electron chi connectivity index (χ0n) is 43.8. The van der Waals surface area contributed by atoms with E-state index in [1.807, 2.05) is 82.5 Å². The van der Waals surface area contributed by atoms with Gasteiger partial charge in [-0.1, -0.05) is 48.5 Å². The molecule has 14 nitrogen and oxygen atoms in total. The van der Waals surface area contributed by atoms with E-state index < -0.39 is 5.41 Å². The number of piperazine rings is 1. The molecule has 1 saturated heterocycles. The molecule has 9 rings (SSSR count). The van der Waals surface area contributed by atoms with Crippen LogP contribution in [0.15, 0.2) is 103 Å². The molecule has 73 heavy (non-hydrogen) atoms. The van der Waals surface area contributed by atoms with Crippen molar-refractivity contribution in [2.75, 3.05) is 77.6 Å². The molecule has 0 bridgehead atoms. The van der Waals surface area contributed by atoms with Crippen LogP contribution in [0.25, 0.3) is 42.7 Å². The van der Waals surface area contributed by atoms with Gasteiger partial charge in [0.15, 0.2) is 11.5 Å². The van der Waals surface area contributed by atoms with Gasteiger partial charge in [0.05, 0.1) is 56.4 Å². The lowest BCUT2D eigenvalue weighted by Crippen LogP contribution is -2.48. The Kier molecular flexibility index (Phi) is 16.0. The number of hydrogen-bond acceptors (Lipinski definition) is 15. The molecule has 1 amide bonds. The molecule has 2 atom stereocenters. The van der Waals surface area contributed by atoms with Gasteiger partial charge in [0.25, 0.3) is 0 Å². The Morgan fingerprint density at radius 2 is 1.27 bits per heavy atom. The maximum atomic E-state index is 12.5. The normalized spacial score (nSPS) is 13.7. The highest BCUT2D eigenvalue weighted by atomic mass is 32.1. The molecular formula is C57H65N9O5S2. The number of aromatic nitrogens is 4. The Labute approximate surface area is 436 Å². The number of hydrogen-bond donors (Lipinski definition) is 2. The van der Waals surface area contributed by atoms with E-state index in [4.69, 9.17) is 19.2 Å². The van der Waals surface area contributed by atoms with E-state index in [-0.39, 0.29) is 24.0 Å². The molecule has 4 aromatic heterocycles. The summed E-state index contributed by atoms with van der Waals surface area (Å²) in [5, 5.41) is 9.03. The largest absolute Gasteiger partial charge is 0.493 e. The zero-order chi connectivity index (χ0) is 52.1. The number of carbonyl (C=O) groups excluding carboxylic acids is 2. The molecule has 380 valence electrons. The minimum atomic E-state index is -0.767. The molecule has 4 aromatic carbocycles. The van der Waals surface area contributed by atoms with Gasteiger partial charge >= 0.3 is 5.97 Å². The summed E-state index contributed by atoms with van der Waals surface area (Å²) in [6.07, 6.45) is 0. The first-order chi connectivity index (χ1) is 35.0. The van der Waals surface area contributed by atoms with E-state index in [0.717, 1.165) is 85.5 Å². The van der Waals surface area contributed by atoms with Crippen LogP contribution in [0.4, 0.5) is 17.3 Å². The number of methoxy groups -OCH3 is 3. The quantitative estimate of drug-likeness (QED) is 0.0940. The van der Waals surface area contributed by atoms with Crippen molar-refractivity contribution in [1.82, 2.24) is 29.7 Å². The minimum absolute atomic E-state index is 0.0184. The highest BCUT2D eigenvalue weighted by molar-refractivity contribution is 7.16. The van der Waals surface area contributed by atoms with Crippen LogP contribution in [0, 0.1) is 13.8 Å². The molecule has 2 unspecified atom stereocenters. The maximum Gasteiger partial charge on any atom is 0.315 e. The van der Waals surface area contributed by atoms with Crippen molar-refractivity contribution in [2.24, 2.45) is 0 Å². The van der Waals surface area contributed by atoms with Gasteiger partial charge in [-0.2, -0.15) is 0 Å². The summed E-state index contributed by atoms with van der Waals surface area (Å²) in [5.41, 5.74) is 6.50. The van der Waals surface area contributed by atoms with Gasteiger partial charge in [-0.05, 0) is 126 Å². The number of benzene rings is 4. The average molecular weight is 1020 g/mol. The molecule has 1 aliphatic heterocycles. The SMILES string of the molecule is COC(=O)C(C)(C)c1ccccc1-c1ccc(C(C)Nc2nc(C)nc3cc(OC)c(OC)cc23)s1.Cc1nc(NC(C)c2ccc(-c3ccccc3CN(C)C)s2)c2cc(N3CCN(C)C(=O)C3)ccc2n1. The second-order valence-corrected chi connectivity index (χ2v) is 21.3. The number of esters is 1. The molecule has 0 aliphatic carbocycles. The van der Waals surface area contributed by atoms with E-state index in [2.05, 4.69) is 130 Å². The maximum absolute atomic E-state index is 12.5. The molecule has 2 N–H and O–H groups in total. The van der Waals surface area contributed by atoms with Crippen molar-refractivity contribution in [3.8, 4) is 32.4 Å². The summed E-state index contributed by atoms with van der Waals surface area (Å²) in [6, 6.07) is 35.3. The highest BCUT2D eigenvalue weighted by Gasteiger charge is 2.33. The van der Waals surface area contributed by atoms with Crippen LogP contribution in [0.2, 0.25) is 0 Å². The number of nitrogens with zero attached hydrogens (tertiary/aromatic N) is 7. The van der Waals surface area contributed by atoms with Crippen LogP contribution < -0.4 is 25.0 Å². The van der Waals surface area contributed by atoms with Crippen molar-refractivity contribution in [1.29, 1.82) is 0 Å². The lowest BCUT2D eigenvalue weighted by molar-refractivity contribution is -0.146. The number of fused-ring (bicyclic) bond motifs is 2. The zero-order valence-corrected chi connectivity index (χ0v) is 45.4. The third kappa shape index (κ3) is 11.6. The molecule has 0 saturated carbocycles. The van der Waals surface area contributed by atoms with Crippen LogP contribution in [-0.2, 0) is 26.3 Å². The Morgan fingerprint density at radius 3 is 1.88 bits per heavy atom. The number of carbonyl (C=O) groups is 2. The Balaban J connectivity index is 0.000000195. The fraction of sp³-hybridized carbons (Fsp3) is 0.333. The third-order valence-electron chi connectivity index (χ3n) is 13.1. The Hall–Kier alpha value is -7.14. The van der Waals surface area contributed by atoms with Crippen LogP contribution in [-0.4, -0.2) is 104 Å². The molecular weight excluding hydrogens is 955 g/mol. The van der Waals surface area contributed by atoms with Crippen molar-refractivity contribution in [2.45, 2.75) is 65.6 Å². The van der Waals surface area contributed by atoms with Gasteiger partial charge in [-0.3, -0.25) is 9.59 Å². The third-order valence-corrected chi connectivity index (χ3v) is 15.7. The van der Waals surface area contributed by atoms with E-state index in [1.54, 1.807) is 30.5 Å². The number of thiophene rings is 2. The van der Waals surface area contributed by atoms with Crippen molar-refractivity contribution in [3.63, 3.8) is 0 Å². The van der Waals surface area contributed by atoms with Crippen molar-refractivity contribution in [3.05, 3.63) is 136 Å². The van der Waals surface area contributed by atoms with Gasteiger partial charge in [-0.15, -0.1) is 22.7 Å². The summed E-state index contributed by atoms with van der Waals surface area (Å²) in [6.45, 7) is 14.7. The summed E-state index contributed by atoms with van der Waals surface area (Å²) in [7, 11) is 10.7. The van der Waals surface area contributed by atoms with E-state index in [1.165, 1.54) is 28.0 Å². The van der Waals surface area contributed by atoms with Gasteiger partial charge in [0.2, 0.25) is 5.91 Å². The van der Waals surface area contributed by atoms with Crippen LogP contribution in [0.1, 0.15) is 72.3 Å². The molecule has 0 spiro atoms. The summed E-state index contributed by atoms with van der Waals surface area (Å²) < 4.78 is 16.0. The lowest BCUT2D eigenvalue weighted by atomic mass is 9.81. The summed E-state index contributed by atoms with van der Waals surface area (Å²) >= 11 is 3.50. The number of likely N-dealkylation sites (N-methyl/N-ethyl adjacent to an activating group) is 1. The molecule has 1 fully saturated rings. The van der Waals surface area contributed by atoms with Crippen LogP contribution in [0.3, 0.4) is 0 Å². The molecule has 5 heterocycles. The first kappa shape index (κ1) is 52.2. The van der Waals surface area contributed by atoms with E-state index in [0.29, 0.717) is 23.9 Å². The number of rotatable bonds is 15. The second kappa shape index (κ2) is 22.3. The summed E-state index contributed by atoms with van der Waals surface area (Å²) in [5.74, 6) is 4.06. The van der Waals surface area contributed by atoms with Gasteiger partial charge < -0.3 is 39.5 Å². The number of nitrogens with one attached hydrogen (secondary N) is 2. The fourth-order valence-corrected chi connectivity index (χ4v) is 11.2. The Bertz CT molecular complexity index is 3280. The first-order valence-electron chi connectivity index (χ1n) is 24.3. The molecule has 0 radical (unpaired) electrons. The number of aryl methyl sites for hydroxylation is 2. The highest BCUT2D eigenvalue weighted by Crippen LogP contribution is 2.41. The molecule has 16 heteroatoms. The number of anilines is 3. The first-order valence-corrected chi connectivity index (χ1v) is 25.9. The van der Waals surface area contributed by atoms with Gasteiger partial charge in [-0.25, -0.2) is 19.9 Å². The van der Waals surface area contributed by atoms with Crippen LogP contribution in [0.5, 0.6) is 11.5 Å². The smallest absolute Gasteiger partial charge is 0.315 e. The second-order valence-electron chi connectivity index (χ2n) is 19.1. The predicted molar refractivity (Wildman–Crippen MR) is 298 cm³/mol. The predicted octanol–water partition coefficient (Wildman–Crippen LogP) is 11.5. The standard InChI is InChI=1S/C29H34N6OS.C28H31N3O4S/c1-19(26-12-13-27(37-26)23-9-7-6-8-21(23)17-33(3)4)30-29-24-16-22(10-11-25(24)31-20(2)32-29)35-15-14-34(5)28(36)18-35;1-16(29-26-19-14-22(33-5)23(34-6)15-21(19)30-17(2)31-26)24-12-13-25(36-24)18-10-8-9-11-20(18)28(3,4)27(32)35-7/h6-13,16,19H,14-15,17-18H2,1-5H3,(H,30,31,32);8-16H,1-7H3,(H,29,30,31). The topological polar surface area (TPSA) is 147 Å². The number of ether oxygens (including phenoxy) is 3. The monoisotopic (exact) mass is 1020 g/mol.